The Kier molecular flexibility index (Phi) is 60.6. The normalized spacial score (nSPS) is 13.9. The third kappa shape index (κ3) is 61.0. The number of rotatable bonds is 61. The van der Waals surface area contributed by atoms with Gasteiger partial charge in [-0.25, -0.2) is 4.57 Å². The Hall–Kier alpha value is -3.60. The molecule has 12 heteroatoms. The number of esters is 3. The fourth-order valence-corrected chi connectivity index (χ4v) is 9.83. The van der Waals surface area contributed by atoms with Crippen LogP contribution in [0.15, 0.2) is 97.2 Å². The zero-order chi connectivity index (χ0) is 59.8. The van der Waals surface area contributed by atoms with Crippen molar-refractivity contribution in [2.24, 2.45) is 0 Å². The Labute approximate surface area is 502 Å². The van der Waals surface area contributed by atoms with Crippen molar-refractivity contribution < 1.29 is 52.2 Å². The van der Waals surface area contributed by atoms with E-state index in [-0.39, 0.29) is 25.9 Å². The lowest BCUT2D eigenvalue weighted by atomic mass is 10.0. The van der Waals surface area contributed by atoms with Gasteiger partial charge in [-0.3, -0.25) is 23.4 Å². The number of phosphoric acid groups is 1. The summed E-state index contributed by atoms with van der Waals surface area (Å²) in [7, 11) is -4.77. The lowest BCUT2D eigenvalue weighted by Crippen LogP contribution is -2.30. The Bertz CT molecular complexity index is 1750. The highest BCUT2D eigenvalue weighted by Crippen LogP contribution is 2.43. The maximum absolute atomic E-state index is 13.0. The fourth-order valence-electron chi connectivity index (χ4n) is 9.05. The van der Waals surface area contributed by atoms with Crippen molar-refractivity contribution in [1.82, 2.24) is 0 Å². The Morgan fingerprint density at radius 2 is 0.634 bits per heavy atom. The summed E-state index contributed by atoms with van der Waals surface area (Å²) in [5.74, 6) is -1.50. The minimum atomic E-state index is -4.77. The molecular weight excluding hydrogens is 1050 g/mol. The van der Waals surface area contributed by atoms with Crippen LogP contribution in [0.3, 0.4) is 0 Å². The SMILES string of the molecule is CC/C=C\C/C=C\C/C=C\C/C=C\C/C=C\CCCCCC(=O)OC(COC(=O)CCCCCCCCCCCCCCCCCCCCC)COP(=O)(O)OCC(CO)OC(=O)CCCCCCCCC/C=C\C/C=C\C/C=C\CC. The van der Waals surface area contributed by atoms with Crippen LogP contribution in [-0.2, 0) is 42.2 Å². The van der Waals surface area contributed by atoms with Crippen LogP contribution in [0.25, 0.3) is 0 Å². The van der Waals surface area contributed by atoms with Crippen molar-refractivity contribution in [3.8, 4) is 0 Å². The van der Waals surface area contributed by atoms with Crippen molar-refractivity contribution in [2.45, 2.75) is 303 Å². The average Bonchev–Trinajstić information content (AvgIpc) is 3.50. The predicted octanol–water partition coefficient (Wildman–Crippen LogP) is 20.4. The molecule has 0 aromatic carbocycles. The van der Waals surface area contributed by atoms with Crippen LogP contribution >= 0.6 is 7.82 Å². The lowest BCUT2D eigenvalue weighted by molar-refractivity contribution is -0.161. The molecule has 0 aliphatic carbocycles. The molecule has 0 saturated carbocycles. The number of aliphatic hydroxyl groups excluding tert-OH is 1. The van der Waals surface area contributed by atoms with Gasteiger partial charge >= 0.3 is 25.7 Å². The number of carbonyl (C=O) groups is 3. The summed E-state index contributed by atoms with van der Waals surface area (Å²) in [6.45, 7) is 4.42. The van der Waals surface area contributed by atoms with E-state index in [9.17, 15) is 28.9 Å². The molecule has 0 bridgehead atoms. The highest BCUT2D eigenvalue weighted by molar-refractivity contribution is 7.47. The first-order chi connectivity index (χ1) is 40.2. The molecule has 0 radical (unpaired) electrons. The summed E-state index contributed by atoms with van der Waals surface area (Å²) in [4.78, 5) is 48.8. The second kappa shape index (κ2) is 63.4. The van der Waals surface area contributed by atoms with E-state index in [1.165, 1.54) is 109 Å². The molecule has 0 aromatic heterocycles. The minimum Gasteiger partial charge on any atom is -0.462 e. The predicted molar refractivity (Wildman–Crippen MR) is 344 cm³/mol. The molecule has 82 heavy (non-hydrogen) atoms. The molecule has 3 unspecified atom stereocenters. The monoisotopic (exact) mass is 1170 g/mol. The van der Waals surface area contributed by atoms with Crippen molar-refractivity contribution >= 4 is 25.7 Å². The topological polar surface area (TPSA) is 155 Å². The summed E-state index contributed by atoms with van der Waals surface area (Å²) in [5, 5.41) is 9.86. The van der Waals surface area contributed by atoms with E-state index in [2.05, 4.69) is 118 Å². The van der Waals surface area contributed by atoms with Crippen molar-refractivity contribution in [3.05, 3.63) is 97.2 Å². The third-order valence-corrected chi connectivity index (χ3v) is 15.0. The van der Waals surface area contributed by atoms with E-state index in [0.29, 0.717) is 19.3 Å². The first-order valence-electron chi connectivity index (χ1n) is 33.1. The molecule has 2 N–H and O–H groups in total. The molecule has 472 valence electrons. The minimum absolute atomic E-state index is 0.126. The maximum Gasteiger partial charge on any atom is 0.472 e. The van der Waals surface area contributed by atoms with Gasteiger partial charge in [-0.1, -0.05) is 272 Å². The van der Waals surface area contributed by atoms with Crippen LogP contribution in [0.1, 0.15) is 290 Å². The molecule has 0 amide bonds. The van der Waals surface area contributed by atoms with Crippen LogP contribution in [0.4, 0.5) is 0 Å². The van der Waals surface area contributed by atoms with Gasteiger partial charge in [0.1, 0.15) is 12.7 Å². The summed E-state index contributed by atoms with van der Waals surface area (Å²) in [6, 6.07) is 0. The summed E-state index contributed by atoms with van der Waals surface area (Å²) < 4.78 is 39.7. The number of allylic oxidation sites excluding steroid dienone is 16. The highest BCUT2D eigenvalue weighted by Gasteiger charge is 2.28. The maximum atomic E-state index is 13.0. The lowest BCUT2D eigenvalue weighted by Gasteiger charge is -2.21. The molecule has 0 rings (SSSR count). The Morgan fingerprint density at radius 1 is 0.354 bits per heavy atom. The largest absolute Gasteiger partial charge is 0.472 e. The first kappa shape index (κ1) is 78.4. The van der Waals surface area contributed by atoms with Gasteiger partial charge < -0.3 is 24.2 Å². The molecule has 0 aliphatic rings. The molecule has 0 aromatic rings. The van der Waals surface area contributed by atoms with Crippen molar-refractivity contribution in [2.75, 3.05) is 26.4 Å². The highest BCUT2D eigenvalue weighted by atomic mass is 31.2. The number of hydrogen-bond donors (Lipinski definition) is 2. The van der Waals surface area contributed by atoms with E-state index >= 15 is 0 Å². The van der Waals surface area contributed by atoms with Gasteiger partial charge in [-0.15, -0.1) is 0 Å². The van der Waals surface area contributed by atoms with E-state index < -0.39 is 57.8 Å². The number of hydrogen-bond acceptors (Lipinski definition) is 10. The van der Waals surface area contributed by atoms with Crippen LogP contribution in [0.2, 0.25) is 0 Å². The quantitative estimate of drug-likeness (QED) is 0.0197. The van der Waals surface area contributed by atoms with Crippen molar-refractivity contribution in [3.63, 3.8) is 0 Å². The fraction of sp³-hybridized carbons (Fsp3) is 0.729. The smallest absolute Gasteiger partial charge is 0.462 e. The number of ether oxygens (including phenoxy) is 3. The second-order valence-electron chi connectivity index (χ2n) is 21.9. The van der Waals surface area contributed by atoms with Crippen molar-refractivity contribution in [1.29, 1.82) is 0 Å². The molecule has 11 nitrogen and oxygen atoms in total. The van der Waals surface area contributed by atoms with E-state index in [4.69, 9.17) is 23.3 Å². The molecular formula is C70H121O11P. The van der Waals surface area contributed by atoms with Gasteiger partial charge in [0.05, 0.1) is 19.8 Å². The van der Waals surface area contributed by atoms with Crippen LogP contribution in [-0.4, -0.2) is 66.5 Å². The summed E-state index contributed by atoms with van der Waals surface area (Å²) >= 11 is 0. The zero-order valence-electron chi connectivity index (χ0n) is 52.4. The number of carbonyl (C=O) groups excluding carboxylic acids is 3. The number of unbranched alkanes of at least 4 members (excludes halogenated alkanes) is 28. The summed E-state index contributed by atoms with van der Waals surface area (Å²) in [6.07, 6.45) is 76.4. The van der Waals surface area contributed by atoms with E-state index in [1.807, 2.05) is 0 Å². The molecule has 3 atom stereocenters. The molecule has 0 fully saturated rings. The van der Waals surface area contributed by atoms with Gasteiger partial charge in [-0.2, -0.15) is 0 Å². The van der Waals surface area contributed by atoms with Gasteiger partial charge in [0.15, 0.2) is 6.10 Å². The van der Waals surface area contributed by atoms with Gasteiger partial charge in [0.2, 0.25) is 0 Å². The third-order valence-electron chi connectivity index (χ3n) is 14.0. The van der Waals surface area contributed by atoms with Gasteiger partial charge in [0, 0.05) is 19.3 Å². The molecule has 0 heterocycles. The van der Waals surface area contributed by atoms with Crippen LogP contribution in [0.5, 0.6) is 0 Å². The standard InChI is InChI=1S/C70H121O11P/c1-4-7-10-13-16-19-22-25-28-31-33-36-38-41-44-47-50-53-56-59-68(72)77-63-67(81-70(74)61-58-55-52-49-46-43-40-37-34-32-29-26-23-20-17-14-11-8-5-2)65-79-82(75,76)78-64-66(62-71)80-69(73)60-57-54-51-48-45-42-39-35-30-27-24-21-18-15-12-9-6-3/h8-9,11-12,17-18,20-21,26-27,29-30,34,37,43,46,66-67,71H,4-7,10,13-16,19,22-25,28,31-33,35-36,38-42,44-45,47-65H2,1-3H3,(H,75,76)/b11-8-,12-9-,20-17-,21-18-,29-26-,30-27-,37-34-,46-43-. The van der Waals surface area contributed by atoms with Gasteiger partial charge in [-0.05, 0) is 96.3 Å². The van der Waals surface area contributed by atoms with E-state index in [1.54, 1.807) is 0 Å². The second-order valence-corrected chi connectivity index (χ2v) is 23.3. The molecule has 0 saturated heterocycles. The Morgan fingerprint density at radius 3 is 0.988 bits per heavy atom. The number of phosphoric ester groups is 1. The zero-order valence-corrected chi connectivity index (χ0v) is 53.3. The summed E-state index contributed by atoms with van der Waals surface area (Å²) in [5.41, 5.74) is 0. The molecule has 0 spiro atoms. The first-order valence-corrected chi connectivity index (χ1v) is 34.6. The van der Waals surface area contributed by atoms with Crippen LogP contribution < -0.4 is 0 Å². The molecule has 0 aliphatic heterocycles. The average molecular weight is 1170 g/mol. The Balaban J connectivity index is 4.74. The van der Waals surface area contributed by atoms with Gasteiger partial charge in [0.25, 0.3) is 0 Å². The van der Waals surface area contributed by atoms with Crippen LogP contribution in [0, 0.1) is 0 Å². The van der Waals surface area contributed by atoms with E-state index in [0.717, 1.165) is 122 Å². The number of aliphatic hydroxyl groups is 1.